The molecule has 2 rings (SSSR count). The Kier molecular flexibility index (Phi) is 3.61. The van der Waals surface area contributed by atoms with E-state index >= 15 is 0 Å². The molecule has 4 nitrogen and oxygen atoms in total. The normalized spacial score (nSPS) is 16.9. The first kappa shape index (κ1) is 11.9. The van der Waals surface area contributed by atoms with Crippen molar-refractivity contribution in [3.63, 3.8) is 0 Å². The Labute approximate surface area is 102 Å². The van der Waals surface area contributed by atoms with Gasteiger partial charge in [-0.05, 0) is 37.5 Å². The van der Waals surface area contributed by atoms with E-state index in [1.807, 2.05) is 12.3 Å². The van der Waals surface area contributed by atoms with E-state index in [-0.39, 0.29) is 11.9 Å². The first-order valence-corrected chi connectivity index (χ1v) is 5.96. The number of aryl methyl sites for hydroxylation is 1. The number of pyridine rings is 1. The molecule has 0 unspecified atom stereocenters. The first-order valence-electron chi connectivity index (χ1n) is 5.96. The van der Waals surface area contributed by atoms with Crippen molar-refractivity contribution in [3.8, 4) is 0 Å². The van der Waals surface area contributed by atoms with Gasteiger partial charge in [-0.2, -0.15) is 0 Å². The quantitative estimate of drug-likeness (QED) is 0.731. The van der Waals surface area contributed by atoms with Gasteiger partial charge in [0.2, 0.25) is 0 Å². The van der Waals surface area contributed by atoms with Crippen LogP contribution in [0, 0.1) is 12.8 Å². The van der Waals surface area contributed by atoms with Crippen LogP contribution in [0.2, 0.25) is 0 Å². The minimum atomic E-state index is -0.0816. The molecule has 1 aromatic rings. The standard InChI is InChI=1S/C13H18N2O2/c1-10-3-6-14-12(9-10)15-7-4-11(5-8-15)13(16)17-2/h3,6,9,11H,4-5,7-8H2,1-2H3. The summed E-state index contributed by atoms with van der Waals surface area (Å²) in [7, 11) is 1.46. The van der Waals surface area contributed by atoms with Crippen molar-refractivity contribution in [1.82, 2.24) is 4.98 Å². The molecule has 1 saturated heterocycles. The van der Waals surface area contributed by atoms with Crippen molar-refractivity contribution in [1.29, 1.82) is 0 Å². The lowest BCUT2D eigenvalue weighted by molar-refractivity contribution is -0.146. The van der Waals surface area contributed by atoms with Gasteiger partial charge in [0.25, 0.3) is 0 Å². The Hall–Kier alpha value is -1.58. The van der Waals surface area contributed by atoms with Gasteiger partial charge in [0, 0.05) is 19.3 Å². The molecule has 0 spiro atoms. The zero-order valence-corrected chi connectivity index (χ0v) is 10.3. The van der Waals surface area contributed by atoms with Crippen LogP contribution in [-0.2, 0) is 9.53 Å². The van der Waals surface area contributed by atoms with Gasteiger partial charge in [-0.3, -0.25) is 4.79 Å². The molecule has 0 atom stereocenters. The molecule has 0 saturated carbocycles. The van der Waals surface area contributed by atoms with Crippen LogP contribution in [0.5, 0.6) is 0 Å². The Bertz CT molecular complexity index is 398. The first-order chi connectivity index (χ1) is 8.20. The van der Waals surface area contributed by atoms with Crippen molar-refractivity contribution in [2.45, 2.75) is 19.8 Å². The van der Waals surface area contributed by atoms with E-state index in [0.29, 0.717) is 0 Å². The summed E-state index contributed by atoms with van der Waals surface area (Å²) in [5.74, 6) is 0.983. The maximum atomic E-state index is 11.4. The van der Waals surface area contributed by atoms with Gasteiger partial charge in [-0.1, -0.05) is 0 Å². The third kappa shape index (κ3) is 2.75. The molecule has 0 N–H and O–H groups in total. The molecule has 17 heavy (non-hydrogen) atoms. The molecule has 1 aromatic heterocycles. The second-order valence-electron chi connectivity index (χ2n) is 4.48. The van der Waals surface area contributed by atoms with E-state index in [1.165, 1.54) is 12.7 Å². The van der Waals surface area contributed by atoms with Gasteiger partial charge >= 0.3 is 5.97 Å². The third-order valence-corrected chi connectivity index (χ3v) is 3.25. The summed E-state index contributed by atoms with van der Waals surface area (Å²) in [6, 6.07) is 4.07. The molecule has 92 valence electrons. The van der Waals surface area contributed by atoms with E-state index < -0.39 is 0 Å². The van der Waals surface area contributed by atoms with Gasteiger partial charge in [0.05, 0.1) is 13.0 Å². The van der Waals surface area contributed by atoms with Crippen molar-refractivity contribution in [3.05, 3.63) is 23.9 Å². The number of esters is 1. The summed E-state index contributed by atoms with van der Waals surface area (Å²) in [6.45, 7) is 3.80. The lowest BCUT2D eigenvalue weighted by Gasteiger charge is -2.31. The largest absolute Gasteiger partial charge is 0.469 e. The summed E-state index contributed by atoms with van der Waals surface area (Å²) < 4.78 is 4.78. The zero-order valence-electron chi connectivity index (χ0n) is 10.3. The second-order valence-corrected chi connectivity index (χ2v) is 4.48. The van der Waals surface area contributed by atoms with Crippen LogP contribution in [0.3, 0.4) is 0 Å². The molecule has 0 aromatic carbocycles. The maximum absolute atomic E-state index is 11.4. The summed E-state index contributed by atoms with van der Waals surface area (Å²) in [6.07, 6.45) is 3.53. The van der Waals surface area contributed by atoms with Crippen LogP contribution in [-0.4, -0.2) is 31.2 Å². The Morgan fingerprint density at radius 2 is 2.18 bits per heavy atom. The average Bonchev–Trinajstić information content (AvgIpc) is 2.38. The van der Waals surface area contributed by atoms with Crippen molar-refractivity contribution < 1.29 is 9.53 Å². The fourth-order valence-corrected chi connectivity index (χ4v) is 2.20. The molecule has 0 radical (unpaired) electrons. The van der Waals surface area contributed by atoms with Gasteiger partial charge in [0.15, 0.2) is 0 Å². The average molecular weight is 234 g/mol. The summed E-state index contributed by atoms with van der Waals surface area (Å²) in [4.78, 5) is 18.0. The maximum Gasteiger partial charge on any atom is 0.308 e. The van der Waals surface area contributed by atoms with E-state index in [1.54, 1.807) is 0 Å². The highest BCUT2D eigenvalue weighted by atomic mass is 16.5. The van der Waals surface area contributed by atoms with Crippen LogP contribution < -0.4 is 4.90 Å². The number of ether oxygens (including phenoxy) is 1. The molecular weight excluding hydrogens is 216 g/mol. The van der Waals surface area contributed by atoms with E-state index in [2.05, 4.69) is 22.9 Å². The van der Waals surface area contributed by atoms with Gasteiger partial charge in [0.1, 0.15) is 5.82 Å². The van der Waals surface area contributed by atoms with Gasteiger partial charge in [-0.25, -0.2) is 4.98 Å². The number of rotatable bonds is 2. The summed E-state index contributed by atoms with van der Waals surface area (Å²) in [5, 5.41) is 0. The zero-order chi connectivity index (χ0) is 12.3. The molecule has 1 fully saturated rings. The smallest absolute Gasteiger partial charge is 0.308 e. The molecule has 0 amide bonds. The molecule has 1 aliphatic rings. The predicted octanol–water partition coefficient (Wildman–Crippen LogP) is 1.78. The van der Waals surface area contributed by atoms with E-state index in [4.69, 9.17) is 4.74 Å². The fraction of sp³-hybridized carbons (Fsp3) is 0.538. The van der Waals surface area contributed by atoms with E-state index in [9.17, 15) is 4.79 Å². The predicted molar refractivity (Wildman–Crippen MR) is 65.9 cm³/mol. The number of hydrogen-bond donors (Lipinski definition) is 0. The van der Waals surface area contributed by atoms with Crippen LogP contribution in [0.1, 0.15) is 18.4 Å². The van der Waals surface area contributed by atoms with E-state index in [0.717, 1.165) is 31.7 Å². The third-order valence-electron chi connectivity index (χ3n) is 3.25. The highest BCUT2D eigenvalue weighted by molar-refractivity contribution is 5.72. The van der Waals surface area contributed by atoms with Gasteiger partial charge in [-0.15, -0.1) is 0 Å². The molecule has 0 bridgehead atoms. The number of methoxy groups -OCH3 is 1. The molecule has 0 aliphatic carbocycles. The number of piperidine rings is 1. The summed E-state index contributed by atoms with van der Waals surface area (Å²) in [5.41, 5.74) is 1.21. The molecule has 4 heteroatoms. The lowest BCUT2D eigenvalue weighted by Crippen LogP contribution is -2.37. The van der Waals surface area contributed by atoms with Crippen LogP contribution in [0.4, 0.5) is 5.82 Å². The number of aromatic nitrogens is 1. The minimum absolute atomic E-state index is 0.0565. The number of nitrogens with zero attached hydrogens (tertiary/aromatic N) is 2. The van der Waals surface area contributed by atoms with Crippen LogP contribution in [0.25, 0.3) is 0 Å². The highest BCUT2D eigenvalue weighted by Gasteiger charge is 2.25. The molecule has 1 aliphatic heterocycles. The SMILES string of the molecule is COC(=O)C1CCN(c2cc(C)ccn2)CC1. The van der Waals surface area contributed by atoms with Crippen LogP contribution >= 0.6 is 0 Å². The summed E-state index contributed by atoms with van der Waals surface area (Å²) >= 11 is 0. The second kappa shape index (κ2) is 5.17. The number of hydrogen-bond acceptors (Lipinski definition) is 4. The highest BCUT2D eigenvalue weighted by Crippen LogP contribution is 2.22. The minimum Gasteiger partial charge on any atom is -0.469 e. The van der Waals surface area contributed by atoms with Crippen molar-refractivity contribution in [2.75, 3.05) is 25.1 Å². The topological polar surface area (TPSA) is 42.4 Å². The van der Waals surface area contributed by atoms with Crippen molar-refractivity contribution >= 4 is 11.8 Å². The molecular formula is C13H18N2O2. The number of carbonyl (C=O) groups excluding carboxylic acids is 1. The number of anilines is 1. The monoisotopic (exact) mass is 234 g/mol. The van der Waals surface area contributed by atoms with Gasteiger partial charge < -0.3 is 9.64 Å². The molecule has 2 heterocycles. The van der Waals surface area contributed by atoms with Crippen LogP contribution in [0.15, 0.2) is 18.3 Å². The van der Waals surface area contributed by atoms with Crippen molar-refractivity contribution in [2.24, 2.45) is 5.92 Å². The Balaban J connectivity index is 1.97. The fourth-order valence-electron chi connectivity index (χ4n) is 2.20. The number of carbonyl (C=O) groups is 1. The Morgan fingerprint density at radius 1 is 1.47 bits per heavy atom. The Morgan fingerprint density at radius 3 is 2.76 bits per heavy atom. The lowest BCUT2D eigenvalue weighted by atomic mass is 9.97.